The molecule has 1 unspecified atom stereocenters. The van der Waals surface area contributed by atoms with E-state index in [0.717, 1.165) is 77.0 Å². The van der Waals surface area contributed by atoms with Crippen molar-refractivity contribution < 1.29 is 24.2 Å². The number of carbonyl (C=O) groups excluding carboxylic acids is 2. The Morgan fingerprint density at radius 3 is 1.63 bits per heavy atom. The lowest BCUT2D eigenvalue weighted by atomic mass is 10.1. The molecule has 0 aromatic heterocycles. The summed E-state index contributed by atoms with van der Waals surface area (Å²) in [6, 6.07) is 0. The van der Waals surface area contributed by atoms with Gasteiger partial charge in [-0.1, -0.05) is 127 Å². The number of hydrogen-bond donors (Lipinski definition) is 2. The van der Waals surface area contributed by atoms with Gasteiger partial charge < -0.3 is 15.2 Å². The normalized spacial score (nSPS) is 12.6. The highest BCUT2D eigenvalue weighted by Gasteiger charge is 2.11. The van der Waals surface area contributed by atoms with Crippen LogP contribution in [0.2, 0.25) is 0 Å². The van der Waals surface area contributed by atoms with Crippen LogP contribution in [0.4, 0.5) is 0 Å². The minimum Gasteiger partial charge on any atom is -0.480 e. The van der Waals surface area contributed by atoms with Gasteiger partial charge in [0.2, 0.25) is 5.91 Å². The second-order valence-electron chi connectivity index (χ2n) is 12.5. The molecule has 46 heavy (non-hydrogen) atoms. The molecule has 0 spiro atoms. The van der Waals surface area contributed by atoms with Gasteiger partial charge in [0.15, 0.2) is 0 Å². The Balaban J connectivity index is 4.24. The van der Waals surface area contributed by atoms with E-state index in [-0.39, 0.29) is 24.5 Å². The van der Waals surface area contributed by atoms with Crippen molar-refractivity contribution >= 4 is 17.8 Å². The lowest BCUT2D eigenvalue weighted by Crippen LogP contribution is -2.28. The minimum atomic E-state index is -1.03. The Labute approximate surface area is 282 Å². The van der Waals surface area contributed by atoms with Gasteiger partial charge in [-0.2, -0.15) is 0 Å². The number of unbranched alkanes of at least 4 members (excludes halogenated alkanes) is 16. The van der Waals surface area contributed by atoms with Crippen molar-refractivity contribution in [3.8, 4) is 0 Å². The molecule has 1 amide bonds. The zero-order valence-corrected chi connectivity index (χ0v) is 29.7. The summed E-state index contributed by atoms with van der Waals surface area (Å²) in [6.07, 6.45) is 43.8. The number of allylic oxidation sites excluding steroid dienone is 7. The number of ether oxygens (including phenoxy) is 1. The molecule has 6 heteroatoms. The van der Waals surface area contributed by atoms with Crippen molar-refractivity contribution in [2.45, 2.75) is 180 Å². The van der Waals surface area contributed by atoms with Crippen molar-refractivity contribution in [2.75, 3.05) is 6.54 Å². The van der Waals surface area contributed by atoms with Crippen LogP contribution in [0.25, 0.3) is 0 Å². The molecule has 0 heterocycles. The molecule has 0 aromatic carbocycles. The van der Waals surface area contributed by atoms with Crippen LogP contribution in [0.1, 0.15) is 174 Å². The molecule has 0 saturated heterocycles. The molecule has 0 bridgehead atoms. The fourth-order valence-electron chi connectivity index (χ4n) is 5.14. The van der Waals surface area contributed by atoms with Crippen LogP contribution >= 0.6 is 0 Å². The van der Waals surface area contributed by atoms with Crippen molar-refractivity contribution in [1.82, 2.24) is 5.32 Å². The number of amides is 1. The number of rotatable bonds is 33. The summed E-state index contributed by atoms with van der Waals surface area (Å²) in [5.74, 6) is -1.37. The van der Waals surface area contributed by atoms with Gasteiger partial charge in [-0.15, -0.1) is 0 Å². The number of aliphatic carboxylic acids is 1. The molecule has 2 N–H and O–H groups in total. The summed E-state index contributed by atoms with van der Waals surface area (Å²) >= 11 is 0. The van der Waals surface area contributed by atoms with Crippen LogP contribution in [0, 0.1) is 0 Å². The van der Waals surface area contributed by atoms with E-state index in [1.165, 1.54) is 70.6 Å². The first-order valence-electron chi connectivity index (χ1n) is 18.8. The van der Waals surface area contributed by atoms with Crippen molar-refractivity contribution in [2.24, 2.45) is 0 Å². The average molecular weight is 644 g/mol. The summed E-state index contributed by atoms with van der Waals surface area (Å²) < 4.78 is 5.86. The first kappa shape index (κ1) is 43.4. The Morgan fingerprint density at radius 2 is 1.07 bits per heavy atom. The maximum absolute atomic E-state index is 12.6. The second kappa shape index (κ2) is 35.2. The van der Waals surface area contributed by atoms with Gasteiger partial charge in [0.25, 0.3) is 0 Å². The Kier molecular flexibility index (Phi) is 33.2. The van der Waals surface area contributed by atoms with Crippen LogP contribution in [-0.4, -0.2) is 35.6 Å². The largest absolute Gasteiger partial charge is 0.480 e. The summed E-state index contributed by atoms with van der Waals surface area (Å²) in [4.78, 5) is 34.8. The number of nitrogens with one attached hydrogen (secondary N) is 1. The fourth-order valence-corrected chi connectivity index (χ4v) is 5.14. The number of hydrogen-bond acceptors (Lipinski definition) is 4. The Bertz CT molecular complexity index is 845. The zero-order valence-electron chi connectivity index (χ0n) is 29.7. The molecule has 0 saturated carbocycles. The maximum Gasteiger partial charge on any atom is 0.322 e. The molecule has 0 aromatic rings. The monoisotopic (exact) mass is 644 g/mol. The molecular weight excluding hydrogens is 574 g/mol. The Hall–Kier alpha value is -2.63. The van der Waals surface area contributed by atoms with Gasteiger partial charge >= 0.3 is 11.9 Å². The number of carboxylic acid groups (broad SMARTS) is 1. The molecule has 0 aliphatic rings. The highest BCUT2D eigenvalue weighted by Crippen LogP contribution is 2.14. The maximum atomic E-state index is 12.6. The van der Waals surface area contributed by atoms with Crippen LogP contribution < -0.4 is 5.32 Å². The Morgan fingerprint density at radius 1 is 0.587 bits per heavy atom. The van der Waals surface area contributed by atoms with Crippen LogP contribution in [0.3, 0.4) is 0 Å². The van der Waals surface area contributed by atoms with Gasteiger partial charge in [-0.3, -0.25) is 14.4 Å². The third kappa shape index (κ3) is 34.2. The van der Waals surface area contributed by atoms with Gasteiger partial charge in [0.05, 0.1) is 0 Å². The minimum absolute atomic E-state index is 0.113. The second-order valence-corrected chi connectivity index (χ2v) is 12.5. The lowest BCUT2D eigenvalue weighted by Gasteiger charge is -2.14. The highest BCUT2D eigenvalue weighted by atomic mass is 16.5. The topological polar surface area (TPSA) is 92.7 Å². The predicted octanol–water partition coefficient (Wildman–Crippen LogP) is 11.1. The molecule has 0 aliphatic heterocycles. The van der Waals surface area contributed by atoms with E-state index in [1.807, 2.05) is 6.08 Å². The van der Waals surface area contributed by atoms with Gasteiger partial charge in [0, 0.05) is 12.8 Å². The van der Waals surface area contributed by atoms with Crippen LogP contribution in [0.15, 0.2) is 48.6 Å². The summed E-state index contributed by atoms with van der Waals surface area (Å²) in [6.45, 7) is 4.14. The number of esters is 1. The zero-order chi connectivity index (χ0) is 33.8. The number of carbonyl (C=O) groups is 3. The molecule has 0 aliphatic carbocycles. The summed E-state index contributed by atoms with van der Waals surface area (Å²) in [5.41, 5.74) is 0. The summed E-state index contributed by atoms with van der Waals surface area (Å²) in [5, 5.41) is 11.0. The van der Waals surface area contributed by atoms with E-state index >= 15 is 0 Å². The first-order valence-corrected chi connectivity index (χ1v) is 18.8. The smallest absolute Gasteiger partial charge is 0.322 e. The quantitative estimate of drug-likeness (QED) is 0.0422. The lowest BCUT2D eigenvalue weighted by molar-refractivity contribution is -0.147. The van der Waals surface area contributed by atoms with E-state index < -0.39 is 5.97 Å². The standard InChI is InChI=1S/C40H69NO5/c1-3-5-7-9-11-13-14-15-16-17-18-19-21-23-25-31-35-40(45)46-37(32-28-24-22-20-12-10-8-6-4-2)33-29-26-27-30-34-38(42)41-36-39(43)44/h13-14,16-17,20,22,28,32,37H,3-12,15,18-19,21,23-27,29-31,33-36H2,1-2H3,(H,41,42)(H,43,44)/b14-13-,17-16-,22-20-,32-28-. The third-order valence-corrected chi connectivity index (χ3v) is 7.96. The summed E-state index contributed by atoms with van der Waals surface area (Å²) in [7, 11) is 0. The van der Waals surface area contributed by atoms with Crippen molar-refractivity contribution in [3.05, 3.63) is 48.6 Å². The third-order valence-electron chi connectivity index (χ3n) is 7.96. The molecular formula is C40H69NO5. The van der Waals surface area contributed by atoms with E-state index in [9.17, 15) is 14.4 Å². The SMILES string of the molecule is CCCCCC/C=C\C/C=C\CCCCCCCC(=O)OC(/C=C\C/C=C\CCCCCC)CCCCCCC(=O)NCC(=O)O. The average Bonchev–Trinajstić information content (AvgIpc) is 3.04. The van der Waals surface area contributed by atoms with Gasteiger partial charge in [0.1, 0.15) is 12.6 Å². The van der Waals surface area contributed by atoms with Gasteiger partial charge in [-0.05, 0) is 83.1 Å². The van der Waals surface area contributed by atoms with E-state index in [0.29, 0.717) is 12.8 Å². The molecule has 0 radical (unpaired) electrons. The molecule has 0 fully saturated rings. The molecule has 1 atom stereocenters. The van der Waals surface area contributed by atoms with Crippen LogP contribution in [-0.2, 0) is 19.1 Å². The molecule has 0 rings (SSSR count). The van der Waals surface area contributed by atoms with Crippen molar-refractivity contribution in [1.29, 1.82) is 0 Å². The van der Waals surface area contributed by atoms with Crippen LogP contribution in [0.5, 0.6) is 0 Å². The van der Waals surface area contributed by atoms with Crippen molar-refractivity contribution in [3.63, 3.8) is 0 Å². The van der Waals surface area contributed by atoms with Gasteiger partial charge in [-0.25, -0.2) is 0 Å². The predicted molar refractivity (Wildman–Crippen MR) is 194 cm³/mol. The van der Waals surface area contributed by atoms with E-state index in [2.05, 4.69) is 61.7 Å². The first-order chi connectivity index (χ1) is 22.5. The molecule has 264 valence electrons. The highest BCUT2D eigenvalue weighted by molar-refractivity contribution is 5.80. The van der Waals surface area contributed by atoms with E-state index in [4.69, 9.17) is 9.84 Å². The van der Waals surface area contributed by atoms with E-state index in [1.54, 1.807) is 0 Å². The molecule has 6 nitrogen and oxygen atoms in total. The fraction of sp³-hybridized carbons (Fsp3) is 0.725. The number of carboxylic acids is 1.